The molecule has 3 aromatic rings. The number of hydrogen-bond acceptors (Lipinski definition) is 4. The van der Waals surface area contributed by atoms with Crippen LogP contribution in [0.4, 0.5) is 5.69 Å². The van der Waals surface area contributed by atoms with Crippen LogP contribution in [0.1, 0.15) is 58.4 Å². The van der Waals surface area contributed by atoms with Gasteiger partial charge in [-0.3, -0.25) is 0 Å². The second kappa shape index (κ2) is 10.6. The number of benzene rings is 3. The first-order valence-electron chi connectivity index (χ1n) is 12.6. The van der Waals surface area contributed by atoms with Crippen molar-refractivity contribution >= 4 is 42.2 Å². The van der Waals surface area contributed by atoms with Crippen LogP contribution >= 0.6 is 0 Å². The Bertz CT molecular complexity index is 1370. The fraction of sp³-hybridized carbons (Fsp3) is 0.233. The third-order valence-corrected chi connectivity index (χ3v) is 6.97. The van der Waals surface area contributed by atoms with E-state index in [9.17, 15) is 14.7 Å². The topological polar surface area (TPSA) is 81.7 Å². The molecule has 5 rings (SSSR count). The first kappa shape index (κ1) is 24.7. The molecule has 2 heterocycles. The number of likely N-dealkylation sites (tertiary alicyclic amines) is 1. The Balaban J connectivity index is 1.35. The number of anilines is 1. The van der Waals surface area contributed by atoms with Crippen LogP contribution in [0.2, 0.25) is 0 Å². The quantitative estimate of drug-likeness (QED) is 0.348. The van der Waals surface area contributed by atoms with Crippen LogP contribution in [0.25, 0.3) is 11.6 Å². The Morgan fingerprint density at radius 2 is 1.86 bits per heavy atom. The number of fused-ring (bicyclic) bond motifs is 1. The fourth-order valence-corrected chi connectivity index (χ4v) is 4.87. The molecule has 2 aliphatic heterocycles. The monoisotopic (exact) mass is 490 g/mol. The number of nitrogens with zero attached hydrogens (tertiary/aromatic N) is 1. The Labute approximate surface area is 218 Å². The summed E-state index contributed by atoms with van der Waals surface area (Å²) < 4.78 is 0. The Kier molecular flexibility index (Phi) is 7.06. The fourth-order valence-electron chi connectivity index (χ4n) is 4.87. The van der Waals surface area contributed by atoms with Gasteiger partial charge < -0.3 is 5.11 Å². The molecule has 2 amide bonds. The van der Waals surface area contributed by atoms with E-state index in [0.29, 0.717) is 36.2 Å². The molecule has 1 saturated heterocycles. The number of rotatable bonds is 7. The average molecular weight is 490 g/mol. The van der Waals surface area contributed by atoms with Gasteiger partial charge in [0.25, 0.3) is 0 Å². The molecule has 0 aromatic heterocycles. The van der Waals surface area contributed by atoms with Gasteiger partial charge in [0.1, 0.15) is 0 Å². The number of β-amino-alcohol motifs (C(OH)–C–C–N with tert-alkyl or cyclic N) is 1. The van der Waals surface area contributed by atoms with E-state index in [4.69, 9.17) is 7.49 Å². The summed E-state index contributed by atoms with van der Waals surface area (Å²) in [4.78, 5) is 27.1. The van der Waals surface area contributed by atoms with E-state index in [1.807, 2.05) is 54.6 Å². The van der Waals surface area contributed by atoms with Crippen molar-refractivity contribution in [3.63, 3.8) is 0 Å². The SMILES string of the molecule is [B]=C(N[C@@H](CC)c1ccccc1)c1ccc2c(c1)/C(=C/c1ccc(C(=O)N3CC[C@H](O)C3)cc1)C(=O)N2. The van der Waals surface area contributed by atoms with Crippen molar-refractivity contribution in [3.8, 4) is 0 Å². The summed E-state index contributed by atoms with van der Waals surface area (Å²) in [6.45, 7) is 3.03. The average Bonchev–Trinajstić information content (AvgIpc) is 3.49. The summed E-state index contributed by atoms with van der Waals surface area (Å²) in [7, 11) is 6.47. The van der Waals surface area contributed by atoms with E-state index in [-0.39, 0.29) is 17.9 Å². The Morgan fingerprint density at radius 3 is 2.54 bits per heavy atom. The van der Waals surface area contributed by atoms with Crippen LogP contribution in [-0.4, -0.2) is 54.1 Å². The van der Waals surface area contributed by atoms with Gasteiger partial charge in [0, 0.05) is 13.1 Å². The molecule has 0 saturated carbocycles. The van der Waals surface area contributed by atoms with Gasteiger partial charge >= 0.3 is 187 Å². The van der Waals surface area contributed by atoms with Gasteiger partial charge in [0.15, 0.2) is 0 Å². The van der Waals surface area contributed by atoms with Crippen molar-refractivity contribution in [2.75, 3.05) is 18.4 Å². The van der Waals surface area contributed by atoms with Gasteiger partial charge in [-0.05, 0) is 6.42 Å². The molecule has 2 atom stereocenters. The summed E-state index contributed by atoms with van der Waals surface area (Å²) in [5.74, 6) is -0.274. The van der Waals surface area contributed by atoms with Crippen molar-refractivity contribution in [1.29, 1.82) is 0 Å². The van der Waals surface area contributed by atoms with E-state index in [2.05, 4.69) is 29.7 Å². The molecule has 2 aliphatic rings. The number of carbonyl (C=O) groups is 2. The molecule has 0 aliphatic carbocycles. The number of nitrogens with one attached hydrogen (secondary N) is 2. The number of aliphatic hydroxyl groups excluding tert-OH is 1. The standard InChI is InChI=1S/C30H29BN3O3/c1-2-26(20-6-4-3-5-7-20)32-28(31)22-12-13-27-24(17-22)25(29(36)33-27)16-19-8-10-21(11-9-19)30(37)34-15-14-23(35)18-34/h3-13,16-17,23,26,32,35H,2,14-15,18H2,1H3,(H,33,36)/b25-16-/t23-,26-/m0/s1. The molecule has 0 bridgehead atoms. The van der Waals surface area contributed by atoms with Crippen molar-refractivity contribution < 1.29 is 14.7 Å². The second-order valence-electron chi connectivity index (χ2n) is 9.52. The summed E-state index contributed by atoms with van der Waals surface area (Å²) in [6.07, 6.45) is 2.85. The van der Waals surface area contributed by atoms with Crippen molar-refractivity contribution in [3.05, 3.63) is 101 Å². The van der Waals surface area contributed by atoms with Crippen molar-refractivity contribution in [2.24, 2.45) is 0 Å². The summed E-state index contributed by atoms with van der Waals surface area (Å²) in [5.41, 5.74) is 5.96. The minimum absolute atomic E-state index is 0.0780. The summed E-state index contributed by atoms with van der Waals surface area (Å²) in [5, 5.41) is 16.1. The summed E-state index contributed by atoms with van der Waals surface area (Å²) in [6, 6.07) is 23.1. The molecule has 1 fully saturated rings. The molecule has 0 spiro atoms. The van der Waals surface area contributed by atoms with Gasteiger partial charge in [-0.15, -0.1) is 0 Å². The predicted molar refractivity (Wildman–Crippen MR) is 148 cm³/mol. The van der Waals surface area contributed by atoms with E-state index >= 15 is 0 Å². The molecule has 185 valence electrons. The molecule has 1 radical (unpaired) electrons. The minimum atomic E-state index is -0.452. The molecule has 3 aromatic carbocycles. The normalized spacial score (nSPS) is 18.4. The van der Waals surface area contributed by atoms with Crippen LogP contribution in [-0.2, 0) is 4.79 Å². The molecule has 0 unspecified atom stereocenters. The second-order valence-corrected chi connectivity index (χ2v) is 9.52. The number of amides is 2. The maximum absolute atomic E-state index is 12.8. The zero-order valence-corrected chi connectivity index (χ0v) is 20.8. The van der Waals surface area contributed by atoms with E-state index in [1.54, 1.807) is 17.0 Å². The molecule has 3 N–H and O–H groups in total. The maximum atomic E-state index is 12.8. The van der Waals surface area contributed by atoms with Crippen molar-refractivity contribution in [1.82, 2.24) is 10.2 Å². The molecule has 37 heavy (non-hydrogen) atoms. The van der Waals surface area contributed by atoms with E-state index in [1.165, 1.54) is 0 Å². The third kappa shape index (κ3) is 5.27. The van der Waals surface area contributed by atoms with Gasteiger partial charge in [0.2, 0.25) is 0 Å². The van der Waals surface area contributed by atoms with Crippen LogP contribution in [0.3, 0.4) is 0 Å². The van der Waals surface area contributed by atoms with Gasteiger partial charge in [-0.2, -0.15) is 0 Å². The molecule has 7 heteroatoms. The van der Waals surface area contributed by atoms with E-state index in [0.717, 1.165) is 34.4 Å². The zero-order chi connectivity index (χ0) is 25.9. The molecule has 6 nitrogen and oxygen atoms in total. The zero-order valence-electron chi connectivity index (χ0n) is 20.8. The molecular formula is C30H29BN3O3. The van der Waals surface area contributed by atoms with Gasteiger partial charge in [0.05, 0.1) is 6.10 Å². The van der Waals surface area contributed by atoms with Crippen LogP contribution in [0, 0.1) is 0 Å². The van der Waals surface area contributed by atoms with E-state index < -0.39 is 6.10 Å². The number of carbonyl (C=O) groups excluding carboxylic acids is 2. The van der Waals surface area contributed by atoms with Gasteiger partial charge in [-0.25, -0.2) is 0 Å². The van der Waals surface area contributed by atoms with Gasteiger partial charge in [-0.1, -0.05) is 0 Å². The van der Waals surface area contributed by atoms with Crippen molar-refractivity contribution in [2.45, 2.75) is 31.9 Å². The first-order chi connectivity index (χ1) is 17.9. The molecular weight excluding hydrogens is 461 g/mol. The Hall–Kier alpha value is -3.97. The third-order valence-electron chi connectivity index (χ3n) is 6.97. The Morgan fingerprint density at radius 1 is 1.14 bits per heavy atom. The van der Waals surface area contributed by atoms with Crippen LogP contribution in [0.15, 0.2) is 72.8 Å². The summed E-state index contributed by atoms with van der Waals surface area (Å²) >= 11 is 0. The predicted octanol–water partition coefficient (Wildman–Crippen LogP) is 3.77. The van der Waals surface area contributed by atoms with Crippen LogP contribution in [0.5, 0.6) is 0 Å². The number of aliphatic hydroxyl groups is 1. The number of hydrogen-bond donors (Lipinski definition) is 3. The first-order valence-corrected chi connectivity index (χ1v) is 12.6. The van der Waals surface area contributed by atoms with Crippen LogP contribution < -0.4 is 10.6 Å².